The minimum atomic E-state index is 0.115. The van der Waals surface area contributed by atoms with Crippen LogP contribution in [0.1, 0.15) is 6.92 Å². The standard InChI is InChI=1S/C9H15N3O.C2H6O/c1-2-12(6-7-13)9-8(10)4-3-5-11-9;1-3-2/h3-5,13H,2,6-7,10H2,1H3;1-2H3. The van der Waals surface area contributed by atoms with Crippen LogP contribution in [-0.2, 0) is 4.74 Å². The molecule has 0 amide bonds. The van der Waals surface area contributed by atoms with Crippen LogP contribution in [0.2, 0.25) is 0 Å². The molecule has 5 heteroatoms. The number of nitrogens with zero attached hydrogens (tertiary/aromatic N) is 2. The summed E-state index contributed by atoms with van der Waals surface area (Å²) in [5.74, 6) is 0.749. The molecular formula is C11H21N3O2. The number of nitrogen functional groups attached to an aromatic ring is 1. The minimum absolute atomic E-state index is 0.115. The molecule has 1 rings (SSSR count). The summed E-state index contributed by atoms with van der Waals surface area (Å²) in [7, 11) is 3.25. The van der Waals surface area contributed by atoms with Gasteiger partial charge in [-0.3, -0.25) is 0 Å². The molecule has 1 aromatic rings. The maximum Gasteiger partial charge on any atom is 0.151 e. The number of aliphatic hydroxyl groups is 1. The molecule has 5 nitrogen and oxygen atoms in total. The third-order valence-electron chi connectivity index (χ3n) is 1.87. The number of pyridine rings is 1. The van der Waals surface area contributed by atoms with Crippen molar-refractivity contribution in [3.63, 3.8) is 0 Å². The van der Waals surface area contributed by atoms with E-state index in [-0.39, 0.29) is 6.61 Å². The van der Waals surface area contributed by atoms with E-state index >= 15 is 0 Å². The summed E-state index contributed by atoms with van der Waals surface area (Å²) in [6, 6.07) is 3.61. The van der Waals surface area contributed by atoms with Crippen LogP contribution >= 0.6 is 0 Å². The van der Waals surface area contributed by atoms with Gasteiger partial charge in [0.1, 0.15) is 0 Å². The third-order valence-corrected chi connectivity index (χ3v) is 1.87. The normalized spacial score (nSPS) is 9.25. The van der Waals surface area contributed by atoms with Gasteiger partial charge < -0.3 is 20.5 Å². The number of aromatic nitrogens is 1. The molecule has 0 spiro atoms. The zero-order valence-electron chi connectivity index (χ0n) is 10.2. The molecule has 0 radical (unpaired) electrons. The van der Waals surface area contributed by atoms with Gasteiger partial charge in [-0.15, -0.1) is 0 Å². The Morgan fingerprint density at radius 3 is 2.56 bits per heavy atom. The predicted molar refractivity (Wildman–Crippen MR) is 66.6 cm³/mol. The van der Waals surface area contributed by atoms with Crippen LogP contribution in [0.4, 0.5) is 11.5 Å². The average molecular weight is 227 g/mol. The zero-order valence-corrected chi connectivity index (χ0v) is 10.2. The van der Waals surface area contributed by atoms with Crippen molar-refractivity contribution in [3.8, 4) is 0 Å². The number of hydrogen-bond acceptors (Lipinski definition) is 5. The van der Waals surface area contributed by atoms with Crippen LogP contribution < -0.4 is 10.6 Å². The van der Waals surface area contributed by atoms with E-state index < -0.39 is 0 Å². The Morgan fingerprint density at radius 1 is 1.50 bits per heavy atom. The lowest BCUT2D eigenvalue weighted by Crippen LogP contribution is -2.27. The highest BCUT2D eigenvalue weighted by atomic mass is 16.4. The van der Waals surface area contributed by atoms with Gasteiger partial charge in [0.2, 0.25) is 0 Å². The highest BCUT2D eigenvalue weighted by Crippen LogP contribution is 2.17. The van der Waals surface area contributed by atoms with Crippen LogP contribution in [0.15, 0.2) is 18.3 Å². The molecule has 0 aliphatic rings. The Morgan fingerprint density at radius 2 is 2.12 bits per heavy atom. The molecule has 0 aromatic carbocycles. The van der Waals surface area contributed by atoms with Gasteiger partial charge in [-0.25, -0.2) is 4.98 Å². The fourth-order valence-electron chi connectivity index (χ4n) is 1.21. The van der Waals surface area contributed by atoms with E-state index in [0.717, 1.165) is 12.4 Å². The molecule has 16 heavy (non-hydrogen) atoms. The Hall–Kier alpha value is -1.33. The Labute approximate surface area is 96.9 Å². The van der Waals surface area contributed by atoms with Crippen LogP contribution in [0, 0.1) is 0 Å². The molecule has 1 heterocycles. The fourth-order valence-corrected chi connectivity index (χ4v) is 1.21. The van der Waals surface area contributed by atoms with Crippen LogP contribution in [0.25, 0.3) is 0 Å². The number of likely N-dealkylation sites (N-methyl/N-ethyl adjacent to an activating group) is 1. The number of aliphatic hydroxyl groups excluding tert-OH is 1. The Kier molecular flexibility index (Phi) is 8.19. The molecule has 0 aliphatic heterocycles. The van der Waals surface area contributed by atoms with Crippen LogP contribution in [-0.4, -0.2) is 44.0 Å². The first-order valence-corrected chi connectivity index (χ1v) is 5.17. The van der Waals surface area contributed by atoms with Gasteiger partial charge in [-0.1, -0.05) is 0 Å². The third kappa shape index (κ3) is 4.95. The number of rotatable bonds is 4. The van der Waals surface area contributed by atoms with Crippen molar-refractivity contribution < 1.29 is 9.84 Å². The molecule has 3 N–H and O–H groups in total. The molecule has 0 aliphatic carbocycles. The second-order valence-corrected chi connectivity index (χ2v) is 3.13. The Balaban J connectivity index is 0.000000673. The summed E-state index contributed by atoms with van der Waals surface area (Å²) < 4.78 is 4.25. The molecule has 0 bridgehead atoms. The van der Waals surface area contributed by atoms with Crippen molar-refractivity contribution in [2.45, 2.75) is 6.92 Å². The van der Waals surface area contributed by atoms with Gasteiger partial charge >= 0.3 is 0 Å². The number of hydrogen-bond donors (Lipinski definition) is 2. The fraction of sp³-hybridized carbons (Fsp3) is 0.545. The van der Waals surface area contributed by atoms with Crippen molar-refractivity contribution in [2.75, 3.05) is 44.5 Å². The number of ether oxygens (including phenoxy) is 1. The molecule has 1 aromatic heterocycles. The van der Waals surface area contributed by atoms with Gasteiger partial charge in [0, 0.05) is 33.5 Å². The lowest BCUT2D eigenvalue weighted by Gasteiger charge is -2.21. The van der Waals surface area contributed by atoms with E-state index in [0.29, 0.717) is 12.2 Å². The summed E-state index contributed by atoms with van der Waals surface area (Å²) in [6.07, 6.45) is 1.70. The lowest BCUT2D eigenvalue weighted by atomic mass is 10.3. The van der Waals surface area contributed by atoms with E-state index in [9.17, 15) is 0 Å². The average Bonchev–Trinajstić information content (AvgIpc) is 2.28. The van der Waals surface area contributed by atoms with Gasteiger partial charge in [0.05, 0.1) is 12.3 Å². The summed E-state index contributed by atoms with van der Waals surface area (Å²) >= 11 is 0. The highest BCUT2D eigenvalue weighted by Gasteiger charge is 2.07. The first-order valence-electron chi connectivity index (χ1n) is 5.17. The Bertz CT molecular complexity index is 282. The maximum atomic E-state index is 8.81. The SMILES string of the molecule is CCN(CCO)c1ncccc1N.COC. The van der Waals surface area contributed by atoms with Crippen molar-refractivity contribution in [2.24, 2.45) is 0 Å². The second-order valence-electron chi connectivity index (χ2n) is 3.13. The minimum Gasteiger partial charge on any atom is -0.396 e. The molecule has 0 unspecified atom stereocenters. The molecule has 0 fully saturated rings. The van der Waals surface area contributed by atoms with Gasteiger partial charge in [0.25, 0.3) is 0 Å². The summed E-state index contributed by atoms with van der Waals surface area (Å²) in [4.78, 5) is 6.10. The van der Waals surface area contributed by atoms with Crippen LogP contribution in [0.3, 0.4) is 0 Å². The van der Waals surface area contributed by atoms with Crippen molar-refractivity contribution in [1.82, 2.24) is 4.98 Å². The first-order chi connectivity index (χ1) is 7.71. The van der Waals surface area contributed by atoms with Gasteiger partial charge in [-0.05, 0) is 19.1 Å². The topological polar surface area (TPSA) is 71.6 Å². The molecule has 0 saturated carbocycles. The monoisotopic (exact) mass is 227 g/mol. The van der Waals surface area contributed by atoms with Crippen LogP contribution in [0.5, 0.6) is 0 Å². The number of nitrogens with two attached hydrogens (primary N) is 1. The van der Waals surface area contributed by atoms with E-state index in [1.165, 1.54) is 0 Å². The summed E-state index contributed by atoms with van der Waals surface area (Å²) in [5, 5.41) is 8.81. The van der Waals surface area contributed by atoms with Gasteiger partial charge in [0.15, 0.2) is 5.82 Å². The van der Waals surface area contributed by atoms with Crippen molar-refractivity contribution in [3.05, 3.63) is 18.3 Å². The summed E-state index contributed by atoms with van der Waals surface area (Å²) in [5.41, 5.74) is 6.39. The second kappa shape index (κ2) is 8.94. The lowest BCUT2D eigenvalue weighted by molar-refractivity contribution is 0.277. The van der Waals surface area contributed by atoms with E-state index in [1.54, 1.807) is 26.5 Å². The van der Waals surface area contributed by atoms with Crippen molar-refractivity contribution in [1.29, 1.82) is 0 Å². The smallest absolute Gasteiger partial charge is 0.151 e. The first kappa shape index (κ1) is 14.7. The maximum absolute atomic E-state index is 8.81. The largest absolute Gasteiger partial charge is 0.396 e. The molecule has 0 atom stereocenters. The molecule has 92 valence electrons. The quantitative estimate of drug-likeness (QED) is 0.794. The number of anilines is 2. The molecular weight excluding hydrogens is 206 g/mol. The van der Waals surface area contributed by atoms with Gasteiger partial charge in [-0.2, -0.15) is 0 Å². The number of methoxy groups -OCH3 is 1. The molecule has 0 saturated heterocycles. The van der Waals surface area contributed by atoms with E-state index in [1.807, 2.05) is 17.9 Å². The van der Waals surface area contributed by atoms with E-state index in [2.05, 4.69) is 9.72 Å². The van der Waals surface area contributed by atoms with E-state index in [4.69, 9.17) is 10.8 Å². The highest BCUT2D eigenvalue weighted by molar-refractivity contribution is 5.61. The zero-order chi connectivity index (χ0) is 12.4. The predicted octanol–water partition coefficient (Wildman–Crippen LogP) is 0.745. The van der Waals surface area contributed by atoms with Crippen molar-refractivity contribution >= 4 is 11.5 Å². The summed E-state index contributed by atoms with van der Waals surface area (Å²) in [6.45, 7) is 3.48.